The first kappa shape index (κ1) is 10.2. The summed E-state index contributed by atoms with van der Waals surface area (Å²) in [6, 6.07) is 5.51. The van der Waals surface area contributed by atoms with E-state index >= 15 is 0 Å². The number of hydrogen-bond donors (Lipinski definition) is 3. The van der Waals surface area contributed by atoms with Crippen molar-refractivity contribution in [3.8, 4) is 0 Å². The Balaban J connectivity index is 2.99. The highest BCUT2D eigenvalue weighted by Crippen LogP contribution is 2.17. The molecule has 72 valence electrons. The van der Waals surface area contributed by atoms with Crippen LogP contribution < -0.4 is 5.48 Å². The van der Waals surface area contributed by atoms with Gasteiger partial charge >= 0.3 is 0 Å². The smallest absolute Gasteiger partial charge is 0.0802 e. The summed E-state index contributed by atoms with van der Waals surface area (Å²) in [4.78, 5) is 0. The van der Waals surface area contributed by atoms with Crippen molar-refractivity contribution in [2.45, 2.75) is 19.9 Å². The number of aliphatic hydroxyl groups is 1. The van der Waals surface area contributed by atoms with Crippen molar-refractivity contribution in [3.05, 3.63) is 34.9 Å². The van der Waals surface area contributed by atoms with Crippen LogP contribution in [0.1, 0.15) is 22.7 Å². The van der Waals surface area contributed by atoms with Crippen LogP contribution in [-0.2, 0) is 0 Å². The number of benzene rings is 1. The summed E-state index contributed by atoms with van der Waals surface area (Å²) in [6.07, 6.45) is 0. The minimum absolute atomic E-state index is 0.111. The van der Waals surface area contributed by atoms with Gasteiger partial charge < -0.3 is 10.3 Å². The van der Waals surface area contributed by atoms with Crippen LogP contribution in [0.4, 0.5) is 0 Å². The highest BCUT2D eigenvalue weighted by atomic mass is 16.5. The molecular weight excluding hydrogens is 166 g/mol. The molecule has 0 radical (unpaired) electrons. The molecule has 3 nitrogen and oxygen atoms in total. The molecule has 3 N–H and O–H groups in total. The van der Waals surface area contributed by atoms with E-state index in [0.717, 1.165) is 11.1 Å². The molecule has 0 bridgehead atoms. The van der Waals surface area contributed by atoms with Crippen molar-refractivity contribution >= 4 is 0 Å². The average molecular weight is 181 g/mol. The molecule has 0 fully saturated rings. The molecule has 1 atom stereocenters. The Morgan fingerprint density at radius 1 is 1.38 bits per heavy atom. The van der Waals surface area contributed by atoms with Gasteiger partial charge in [-0.25, -0.2) is 0 Å². The van der Waals surface area contributed by atoms with E-state index in [0.29, 0.717) is 0 Å². The van der Waals surface area contributed by atoms with Crippen molar-refractivity contribution in [2.24, 2.45) is 0 Å². The van der Waals surface area contributed by atoms with E-state index in [1.807, 2.05) is 32.0 Å². The van der Waals surface area contributed by atoms with Gasteiger partial charge in [0.2, 0.25) is 0 Å². The van der Waals surface area contributed by atoms with E-state index in [-0.39, 0.29) is 12.6 Å². The lowest BCUT2D eigenvalue weighted by molar-refractivity contribution is 0.0903. The molecule has 0 aliphatic carbocycles. The maximum Gasteiger partial charge on any atom is 0.0802 e. The number of nitrogens with one attached hydrogen (secondary N) is 1. The largest absolute Gasteiger partial charge is 0.394 e. The van der Waals surface area contributed by atoms with Gasteiger partial charge in [0.15, 0.2) is 0 Å². The molecule has 3 heteroatoms. The highest BCUT2D eigenvalue weighted by Gasteiger charge is 2.10. The zero-order valence-corrected chi connectivity index (χ0v) is 7.91. The third-order valence-corrected chi connectivity index (χ3v) is 2.14. The maximum atomic E-state index is 8.95. The predicted molar refractivity (Wildman–Crippen MR) is 50.7 cm³/mol. The molecule has 0 saturated carbocycles. The SMILES string of the molecule is Cc1ccc([C@@H](CO)NO)c(C)c1. The van der Waals surface area contributed by atoms with Crippen molar-refractivity contribution in [1.29, 1.82) is 0 Å². The third kappa shape index (κ3) is 2.28. The molecule has 13 heavy (non-hydrogen) atoms. The fourth-order valence-electron chi connectivity index (χ4n) is 1.43. The number of aryl methyl sites for hydroxylation is 2. The van der Waals surface area contributed by atoms with Crippen LogP contribution in [0.5, 0.6) is 0 Å². The number of aliphatic hydroxyl groups excluding tert-OH is 1. The van der Waals surface area contributed by atoms with Gasteiger partial charge in [-0.1, -0.05) is 23.8 Å². The molecule has 0 saturated heterocycles. The van der Waals surface area contributed by atoms with E-state index in [1.165, 1.54) is 5.56 Å². The van der Waals surface area contributed by atoms with E-state index in [9.17, 15) is 0 Å². The zero-order chi connectivity index (χ0) is 9.84. The number of hydroxylamine groups is 1. The second-order valence-corrected chi connectivity index (χ2v) is 3.22. The second kappa shape index (κ2) is 4.37. The lowest BCUT2D eigenvalue weighted by atomic mass is 10.0. The summed E-state index contributed by atoms with van der Waals surface area (Å²) in [7, 11) is 0. The molecule has 0 aliphatic rings. The molecule has 0 amide bonds. The highest BCUT2D eigenvalue weighted by molar-refractivity contribution is 5.32. The van der Waals surface area contributed by atoms with Crippen LogP contribution in [0, 0.1) is 13.8 Å². The Hall–Kier alpha value is -0.900. The van der Waals surface area contributed by atoms with Crippen LogP contribution in [0.3, 0.4) is 0 Å². The summed E-state index contributed by atoms with van der Waals surface area (Å²) in [6.45, 7) is 3.86. The monoisotopic (exact) mass is 181 g/mol. The van der Waals surface area contributed by atoms with Crippen molar-refractivity contribution < 1.29 is 10.3 Å². The van der Waals surface area contributed by atoms with Crippen LogP contribution in [0.2, 0.25) is 0 Å². The molecular formula is C10H15NO2. The number of rotatable bonds is 3. The predicted octanol–water partition coefficient (Wildman–Crippen LogP) is 1.32. The molecule has 1 aromatic carbocycles. The quantitative estimate of drug-likeness (QED) is 0.616. The first-order valence-corrected chi connectivity index (χ1v) is 4.26. The summed E-state index contributed by atoms with van der Waals surface area (Å²) in [5.74, 6) is 0. The Bertz CT molecular complexity index is 282. The Kier molecular flexibility index (Phi) is 3.42. The normalized spacial score (nSPS) is 12.9. The second-order valence-electron chi connectivity index (χ2n) is 3.22. The van der Waals surface area contributed by atoms with Crippen LogP contribution in [0.15, 0.2) is 18.2 Å². The molecule has 1 rings (SSSR count). The fourth-order valence-corrected chi connectivity index (χ4v) is 1.43. The Morgan fingerprint density at radius 3 is 2.54 bits per heavy atom. The van der Waals surface area contributed by atoms with E-state index in [4.69, 9.17) is 10.3 Å². The topological polar surface area (TPSA) is 52.5 Å². The van der Waals surface area contributed by atoms with Gasteiger partial charge in [-0.15, -0.1) is 0 Å². The summed E-state index contributed by atoms with van der Waals surface area (Å²) in [5.41, 5.74) is 5.25. The lowest BCUT2D eigenvalue weighted by Gasteiger charge is -2.15. The van der Waals surface area contributed by atoms with Gasteiger partial charge in [0.1, 0.15) is 0 Å². The van der Waals surface area contributed by atoms with Crippen LogP contribution in [0.25, 0.3) is 0 Å². The maximum absolute atomic E-state index is 8.95. The van der Waals surface area contributed by atoms with E-state index in [2.05, 4.69) is 5.48 Å². The van der Waals surface area contributed by atoms with Crippen molar-refractivity contribution in [3.63, 3.8) is 0 Å². The van der Waals surface area contributed by atoms with Crippen LogP contribution >= 0.6 is 0 Å². The minimum atomic E-state index is -0.388. The summed E-state index contributed by atoms with van der Waals surface area (Å²) < 4.78 is 0. The van der Waals surface area contributed by atoms with Gasteiger partial charge in [0.25, 0.3) is 0 Å². The van der Waals surface area contributed by atoms with Gasteiger partial charge in [0, 0.05) is 0 Å². The molecule has 0 heterocycles. The van der Waals surface area contributed by atoms with Gasteiger partial charge in [-0.3, -0.25) is 0 Å². The van der Waals surface area contributed by atoms with Crippen LogP contribution in [-0.4, -0.2) is 16.9 Å². The van der Waals surface area contributed by atoms with Gasteiger partial charge in [-0.05, 0) is 25.0 Å². The first-order chi connectivity index (χ1) is 6.19. The van der Waals surface area contributed by atoms with Gasteiger partial charge in [-0.2, -0.15) is 5.48 Å². The Labute approximate surface area is 78.0 Å². The lowest BCUT2D eigenvalue weighted by Crippen LogP contribution is -2.21. The molecule has 1 aromatic rings. The van der Waals surface area contributed by atoms with Gasteiger partial charge in [0.05, 0.1) is 12.6 Å². The molecule has 0 aliphatic heterocycles. The fraction of sp³-hybridized carbons (Fsp3) is 0.400. The molecule has 0 unspecified atom stereocenters. The summed E-state index contributed by atoms with van der Waals surface area (Å²) >= 11 is 0. The van der Waals surface area contributed by atoms with E-state index < -0.39 is 0 Å². The van der Waals surface area contributed by atoms with Crippen molar-refractivity contribution in [1.82, 2.24) is 5.48 Å². The molecule has 0 spiro atoms. The minimum Gasteiger partial charge on any atom is -0.394 e. The zero-order valence-electron chi connectivity index (χ0n) is 7.91. The standard InChI is InChI=1S/C10H15NO2/c1-7-3-4-9(8(2)5-7)10(6-12)11-13/h3-5,10-13H,6H2,1-2H3/t10-/m1/s1. The van der Waals surface area contributed by atoms with E-state index in [1.54, 1.807) is 0 Å². The summed E-state index contributed by atoms with van der Waals surface area (Å²) in [5, 5.41) is 17.7. The Morgan fingerprint density at radius 2 is 2.08 bits per heavy atom. The van der Waals surface area contributed by atoms with Crippen molar-refractivity contribution in [2.75, 3.05) is 6.61 Å². The number of hydrogen-bond acceptors (Lipinski definition) is 3. The third-order valence-electron chi connectivity index (χ3n) is 2.14. The first-order valence-electron chi connectivity index (χ1n) is 4.26. The molecule has 0 aromatic heterocycles. The average Bonchev–Trinajstić information content (AvgIpc) is 2.10.